The molecule has 0 N–H and O–H groups in total. The van der Waals surface area contributed by atoms with Crippen molar-refractivity contribution in [2.24, 2.45) is 0 Å². The maximum atomic E-state index is 13.2. The fourth-order valence-electron chi connectivity index (χ4n) is 3.48. The first-order valence-electron chi connectivity index (χ1n) is 9.91. The average Bonchev–Trinajstić information content (AvgIpc) is 3.19. The van der Waals surface area contributed by atoms with E-state index in [0.717, 1.165) is 16.8 Å². The van der Waals surface area contributed by atoms with Crippen LogP contribution in [0.3, 0.4) is 0 Å². The third-order valence-corrected chi connectivity index (χ3v) is 4.95. The Morgan fingerprint density at radius 3 is 2.71 bits per heavy atom. The van der Waals surface area contributed by atoms with E-state index in [1.54, 1.807) is 41.2 Å². The summed E-state index contributed by atoms with van der Waals surface area (Å²) in [6, 6.07) is 11.7. The van der Waals surface area contributed by atoms with Crippen LogP contribution in [-0.2, 0) is 16.1 Å². The molecule has 8 heteroatoms. The van der Waals surface area contributed by atoms with E-state index in [0.29, 0.717) is 24.7 Å². The van der Waals surface area contributed by atoms with Crippen molar-refractivity contribution >= 4 is 12.0 Å². The molecule has 160 valence electrons. The molecule has 0 unspecified atom stereocenters. The Hall–Kier alpha value is -3.68. The number of hydrogen-bond acceptors (Lipinski definition) is 5. The van der Waals surface area contributed by atoms with Gasteiger partial charge in [-0.2, -0.15) is 5.10 Å². The van der Waals surface area contributed by atoms with Gasteiger partial charge in [0.1, 0.15) is 35.5 Å². The second-order valence-corrected chi connectivity index (χ2v) is 7.42. The highest BCUT2D eigenvalue weighted by Crippen LogP contribution is 2.27. The normalized spacial score (nSPS) is 17.7. The Morgan fingerprint density at radius 1 is 1.26 bits per heavy atom. The zero-order valence-electron chi connectivity index (χ0n) is 17.6. The third kappa shape index (κ3) is 4.58. The summed E-state index contributed by atoms with van der Waals surface area (Å²) < 4.78 is 26.2. The lowest BCUT2D eigenvalue weighted by atomic mass is 10.1. The Bertz CT molecular complexity index is 1120. The number of halogens is 1. The lowest BCUT2D eigenvalue weighted by Gasteiger charge is -2.33. The van der Waals surface area contributed by atoms with Crippen molar-refractivity contribution in [3.63, 3.8) is 0 Å². The highest BCUT2D eigenvalue weighted by molar-refractivity contribution is 5.96. The van der Waals surface area contributed by atoms with Gasteiger partial charge in [-0.3, -0.25) is 4.79 Å². The number of aryl methyl sites for hydroxylation is 1. The summed E-state index contributed by atoms with van der Waals surface area (Å²) in [6.45, 7) is 4.57. The van der Waals surface area contributed by atoms with E-state index in [-0.39, 0.29) is 23.6 Å². The summed E-state index contributed by atoms with van der Waals surface area (Å²) in [5, 5.41) is 4.31. The van der Waals surface area contributed by atoms with E-state index in [2.05, 4.69) is 10.1 Å². The number of hydrogen-bond donors (Lipinski definition) is 0. The monoisotopic (exact) mass is 422 g/mol. The fraction of sp³-hybridized carbons (Fsp3) is 0.261. The molecule has 1 aliphatic rings. The van der Waals surface area contributed by atoms with E-state index in [9.17, 15) is 9.18 Å². The average molecular weight is 422 g/mol. The number of benzene rings is 2. The topological polar surface area (TPSA) is 69.5 Å². The van der Waals surface area contributed by atoms with E-state index >= 15 is 0 Å². The fourth-order valence-corrected chi connectivity index (χ4v) is 3.48. The van der Waals surface area contributed by atoms with E-state index in [1.807, 2.05) is 32.0 Å². The molecule has 0 spiro atoms. The van der Waals surface area contributed by atoms with Crippen molar-refractivity contribution in [1.82, 2.24) is 19.7 Å². The van der Waals surface area contributed by atoms with Crippen LogP contribution in [0.2, 0.25) is 0 Å². The van der Waals surface area contributed by atoms with Crippen LogP contribution in [0.5, 0.6) is 5.75 Å². The molecule has 1 fully saturated rings. The van der Waals surface area contributed by atoms with E-state index < -0.39 is 0 Å². The van der Waals surface area contributed by atoms with Gasteiger partial charge in [-0.25, -0.2) is 14.1 Å². The molecular weight excluding hydrogens is 399 g/mol. The molecule has 4 rings (SSSR count). The Kier molecular flexibility index (Phi) is 5.70. The van der Waals surface area contributed by atoms with Crippen LogP contribution in [0.1, 0.15) is 23.9 Å². The maximum Gasteiger partial charge on any atom is 0.289 e. The second kappa shape index (κ2) is 8.59. The van der Waals surface area contributed by atoms with Gasteiger partial charge in [0, 0.05) is 6.54 Å². The molecule has 0 aliphatic carbocycles. The Balaban J connectivity index is 1.59. The number of methoxy groups -OCH3 is 1. The summed E-state index contributed by atoms with van der Waals surface area (Å²) in [4.78, 5) is 18.8. The highest BCUT2D eigenvalue weighted by Gasteiger charge is 2.29. The second-order valence-electron chi connectivity index (χ2n) is 7.42. The number of carbonyl (C=O) groups is 1. The third-order valence-electron chi connectivity index (χ3n) is 4.95. The van der Waals surface area contributed by atoms with Crippen LogP contribution >= 0.6 is 0 Å². The van der Waals surface area contributed by atoms with Gasteiger partial charge in [0.15, 0.2) is 5.76 Å². The van der Waals surface area contributed by atoms with Gasteiger partial charge in [0.05, 0.1) is 13.7 Å². The van der Waals surface area contributed by atoms with Gasteiger partial charge < -0.3 is 14.4 Å². The summed E-state index contributed by atoms with van der Waals surface area (Å²) in [5.41, 5.74) is 2.36. The quantitative estimate of drug-likeness (QED) is 0.589. The molecule has 2 heterocycles. The van der Waals surface area contributed by atoms with Gasteiger partial charge in [0.2, 0.25) is 0 Å². The van der Waals surface area contributed by atoms with Crippen LogP contribution in [-0.4, -0.2) is 45.3 Å². The van der Waals surface area contributed by atoms with Crippen LogP contribution in [0, 0.1) is 12.7 Å². The molecule has 1 aromatic heterocycles. The predicted octanol–water partition coefficient (Wildman–Crippen LogP) is 3.51. The van der Waals surface area contributed by atoms with Gasteiger partial charge in [0.25, 0.3) is 5.91 Å². The Morgan fingerprint density at radius 2 is 2.03 bits per heavy atom. The first-order chi connectivity index (χ1) is 14.9. The summed E-state index contributed by atoms with van der Waals surface area (Å²) >= 11 is 0. The molecule has 1 amide bonds. The Labute approximate surface area is 179 Å². The molecule has 2 aromatic carbocycles. The summed E-state index contributed by atoms with van der Waals surface area (Å²) in [6.07, 6.45) is 3.16. The number of aromatic nitrogens is 3. The number of nitrogens with zero attached hydrogens (tertiary/aromatic N) is 4. The van der Waals surface area contributed by atoms with Gasteiger partial charge in [-0.1, -0.05) is 18.2 Å². The zero-order valence-corrected chi connectivity index (χ0v) is 17.6. The number of morpholine rings is 1. The van der Waals surface area contributed by atoms with Crippen LogP contribution in [0.4, 0.5) is 4.39 Å². The zero-order chi connectivity index (χ0) is 22.0. The molecule has 3 aromatic rings. The van der Waals surface area contributed by atoms with E-state index in [4.69, 9.17) is 9.47 Å². The van der Waals surface area contributed by atoms with Gasteiger partial charge >= 0.3 is 0 Å². The number of rotatable bonds is 5. The summed E-state index contributed by atoms with van der Waals surface area (Å²) in [7, 11) is 1.58. The lowest BCUT2D eigenvalue weighted by molar-refractivity contribution is -0.139. The standard InChI is InChI=1S/C23H23FN4O3/c1-15-12-27(13-17-4-7-19(24)8-5-17)23(29)22(31-15)11-18-6-9-20(21(10-18)30-3)28-14-25-16(2)26-28/h4-11,14-15H,12-13H2,1-3H3/t15-/m0/s1. The first kappa shape index (κ1) is 20.6. The van der Waals surface area contributed by atoms with Crippen molar-refractivity contribution in [3.8, 4) is 11.4 Å². The number of amides is 1. The molecule has 0 bridgehead atoms. The predicted molar refractivity (Wildman–Crippen MR) is 113 cm³/mol. The molecule has 1 aliphatic heterocycles. The number of ether oxygens (including phenoxy) is 2. The molecular formula is C23H23FN4O3. The van der Waals surface area contributed by atoms with Crippen LogP contribution in [0.25, 0.3) is 11.8 Å². The van der Waals surface area contributed by atoms with Crippen molar-refractivity contribution in [2.75, 3.05) is 13.7 Å². The van der Waals surface area contributed by atoms with Gasteiger partial charge in [-0.05, 0) is 55.3 Å². The van der Waals surface area contributed by atoms with Crippen LogP contribution in [0.15, 0.2) is 54.6 Å². The number of carbonyl (C=O) groups excluding carboxylic acids is 1. The van der Waals surface area contributed by atoms with Crippen molar-refractivity contribution in [3.05, 3.63) is 77.3 Å². The minimum atomic E-state index is -0.301. The smallest absolute Gasteiger partial charge is 0.289 e. The molecule has 1 saturated heterocycles. The van der Waals surface area contributed by atoms with Crippen LogP contribution < -0.4 is 4.74 Å². The molecule has 31 heavy (non-hydrogen) atoms. The molecule has 0 saturated carbocycles. The molecule has 1 atom stereocenters. The van der Waals surface area contributed by atoms with Gasteiger partial charge in [-0.15, -0.1) is 0 Å². The SMILES string of the molecule is COc1cc(C=C2O[C@@H](C)CN(Cc3ccc(F)cc3)C2=O)ccc1-n1cnc(C)n1. The largest absolute Gasteiger partial charge is 0.494 e. The van der Waals surface area contributed by atoms with Crippen molar-refractivity contribution in [1.29, 1.82) is 0 Å². The first-order valence-corrected chi connectivity index (χ1v) is 9.91. The molecule has 7 nitrogen and oxygen atoms in total. The van der Waals surface area contributed by atoms with E-state index in [1.165, 1.54) is 12.1 Å². The molecule has 0 radical (unpaired) electrons. The summed E-state index contributed by atoms with van der Waals surface area (Å²) in [5.74, 6) is 0.998. The maximum absolute atomic E-state index is 13.2. The minimum Gasteiger partial charge on any atom is -0.494 e. The van der Waals surface area contributed by atoms with Crippen molar-refractivity contribution in [2.45, 2.75) is 26.5 Å². The van der Waals surface area contributed by atoms with Crippen molar-refractivity contribution < 1.29 is 18.7 Å². The lowest BCUT2D eigenvalue weighted by Crippen LogP contribution is -2.43. The highest BCUT2D eigenvalue weighted by atomic mass is 19.1. The minimum absolute atomic E-state index is 0.163.